The van der Waals surface area contributed by atoms with Gasteiger partial charge in [-0.1, -0.05) is 30.3 Å². The minimum absolute atomic E-state index is 0.109. The topological polar surface area (TPSA) is 89.3 Å². The average molecular weight is 282 g/mol. The first kappa shape index (κ1) is 13.0. The molecule has 0 aliphatic carbocycles. The SMILES string of the molecule is O=C1NC(=O)c2c1ccc([N+](=O)[O-])c2Cc1ccccc1. The predicted molar refractivity (Wildman–Crippen MR) is 74.1 cm³/mol. The van der Waals surface area contributed by atoms with Crippen molar-refractivity contribution >= 4 is 17.5 Å². The zero-order chi connectivity index (χ0) is 15.0. The molecule has 0 spiro atoms. The number of fused-ring (bicyclic) bond motifs is 1. The second-order valence-electron chi connectivity index (χ2n) is 4.69. The van der Waals surface area contributed by atoms with Crippen LogP contribution < -0.4 is 5.32 Å². The van der Waals surface area contributed by atoms with Gasteiger partial charge in [0.2, 0.25) is 0 Å². The first-order valence-electron chi connectivity index (χ1n) is 6.28. The van der Waals surface area contributed by atoms with Crippen molar-refractivity contribution in [2.45, 2.75) is 6.42 Å². The van der Waals surface area contributed by atoms with Crippen LogP contribution in [0.4, 0.5) is 5.69 Å². The summed E-state index contributed by atoms with van der Waals surface area (Å²) in [6, 6.07) is 11.7. The number of hydrogen-bond donors (Lipinski definition) is 1. The van der Waals surface area contributed by atoms with Crippen LogP contribution in [0.25, 0.3) is 0 Å². The van der Waals surface area contributed by atoms with E-state index in [1.54, 1.807) is 0 Å². The summed E-state index contributed by atoms with van der Waals surface area (Å²) >= 11 is 0. The minimum atomic E-state index is -0.579. The van der Waals surface area contributed by atoms with Gasteiger partial charge < -0.3 is 0 Å². The van der Waals surface area contributed by atoms with E-state index >= 15 is 0 Å². The fourth-order valence-corrected chi connectivity index (χ4v) is 2.47. The molecule has 2 aromatic rings. The molecule has 0 saturated heterocycles. The van der Waals surface area contributed by atoms with Gasteiger partial charge in [-0.2, -0.15) is 0 Å². The number of nitro groups is 1. The Morgan fingerprint density at radius 2 is 1.71 bits per heavy atom. The molecular weight excluding hydrogens is 272 g/mol. The maximum atomic E-state index is 11.9. The summed E-state index contributed by atoms with van der Waals surface area (Å²) in [7, 11) is 0. The van der Waals surface area contributed by atoms with Crippen molar-refractivity contribution in [1.29, 1.82) is 0 Å². The summed E-state index contributed by atoms with van der Waals surface area (Å²) in [5.74, 6) is -1.09. The molecule has 1 aliphatic rings. The summed E-state index contributed by atoms with van der Waals surface area (Å²) in [5.41, 5.74) is 1.25. The van der Waals surface area contributed by atoms with E-state index in [4.69, 9.17) is 0 Å². The fourth-order valence-electron chi connectivity index (χ4n) is 2.47. The first-order valence-corrected chi connectivity index (χ1v) is 6.28. The van der Waals surface area contributed by atoms with Gasteiger partial charge in [0.1, 0.15) is 0 Å². The second kappa shape index (κ2) is 4.82. The summed E-state index contributed by atoms with van der Waals surface area (Å²) in [5, 5.41) is 13.4. The number of carbonyl (C=O) groups is 2. The van der Waals surface area contributed by atoms with Crippen LogP contribution in [-0.4, -0.2) is 16.7 Å². The number of nitrogens with zero attached hydrogens (tertiary/aromatic N) is 1. The molecule has 21 heavy (non-hydrogen) atoms. The Kier molecular flexibility index (Phi) is 2.98. The van der Waals surface area contributed by atoms with Crippen LogP contribution in [0, 0.1) is 10.1 Å². The molecule has 0 saturated carbocycles. The molecule has 2 aromatic carbocycles. The summed E-state index contributed by atoms with van der Waals surface area (Å²) in [6.07, 6.45) is 0.223. The number of amides is 2. The Bertz CT molecular complexity index is 769. The average Bonchev–Trinajstić information content (AvgIpc) is 2.75. The van der Waals surface area contributed by atoms with Crippen molar-refractivity contribution < 1.29 is 14.5 Å². The third-order valence-corrected chi connectivity index (χ3v) is 3.41. The van der Waals surface area contributed by atoms with Crippen molar-refractivity contribution in [3.63, 3.8) is 0 Å². The fraction of sp³-hybridized carbons (Fsp3) is 0.0667. The Balaban J connectivity index is 2.19. The van der Waals surface area contributed by atoms with Gasteiger partial charge in [0.15, 0.2) is 0 Å². The lowest BCUT2D eigenvalue weighted by atomic mass is 9.95. The van der Waals surface area contributed by atoms with Crippen molar-refractivity contribution in [2.75, 3.05) is 0 Å². The minimum Gasteiger partial charge on any atom is -0.288 e. The third kappa shape index (κ3) is 2.16. The number of benzene rings is 2. The van der Waals surface area contributed by atoms with Gasteiger partial charge in [0.05, 0.1) is 16.1 Å². The van der Waals surface area contributed by atoms with Crippen molar-refractivity contribution in [1.82, 2.24) is 5.32 Å². The van der Waals surface area contributed by atoms with E-state index in [1.165, 1.54) is 12.1 Å². The van der Waals surface area contributed by atoms with Crippen molar-refractivity contribution in [2.24, 2.45) is 0 Å². The highest BCUT2D eigenvalue weighted by Crippen LogP contribution is 2.30. The highest BCUT2D eigenvalue weighted by atomic mass is 16.6. The molecule has 0 radical (unpaired) electrons. The maximum Gasteiger partial charge on any atom is 0.273 e. The van der Waals surface area contributed by atoms with Gasteiger partial charge >= 0.3 is 0 Å². The van der Waals surface area contributed by atoms with Crippen LogP contribution in [-0.2, 0) is 6.42 Å². The summed E-state index contributed by atoms with van der Waals surface area (Å²) in [6.45, 7) is 0. The Labute approximate surface area is 119 Å². The van der Waals surface area contributed by atoms with Crippen LogP contribution >= 0.6 is 0 Å². The smallest absolute Gasteiger partial charge is 0.273 e. The van der Waals surface area contributed by atoms with Crippen LogP contribution in [0.1, 0.15) is 31.8 Å². The molecule has 6 heteroatoms. The Morgan fingerprint density at radius 1 is 1.00 bits per heavy atom. The number of nitrogens with one attached hydrogen (secondary N) is 1. The van der Waals surface area contributed by atoms with Crippen LogP contribution in [0.2, 0.25) is 0 Å². The van der Waals surface area contributed by atoms with E-state index in [0.717, 1.165) is 5.56 Å². The lowest BCUT2D eigenvalue weighted by Gasteiger charge is -2.07. The van der Waals surface area contributed by atoms with Gasteiger partial charge in [0.25, 0.3) is 17.5 Å². The Hall–Kier alpha value is -3.02. The van der Waals surface area contributed by atoms with Crippen LogP contribution in [0.3, 0.4) is 0 Å². The zero-order valence-corrected chi connectivity index (χ0v) is 10.8. The molecule has 3 rings (SSSR count). The van der Waals surface area contributed by atoms with E-state index in [2.05, 4.69) is 5.32 Å². The molecule has 0 aromatic heterocycles. The molecule has 0 atom stereocenters. The second-order valence-corrected chi connectivity index (χ2v) is 4.69. The van der Waals surface area contributed by atoms with E-state index in [1.807, 2.05) is 30.3 Å². The van der Waals surface area contributed by atoms with E-state index in [0.29, 0.717) is 0 Å². The number of nitro benzene ring substituents is 1. The Morgan fingerprint density at radius 3 is 2.38 bits per heavy atom. The van der Waals surface area contributed by atoms with Gasteiger partial charge in [-0.3, -0.25) is 25.0 Å². The van der Waals surface area contributed by atoms with Gasteiger partial charge in [-0.05, 0) is 11.6 Å². The molecule has 6 nitrogen and oxygen atoms in total. The maximum absolute atomic E-state index is 11.9. The molecule has 1 heterocycles. The van der Waals surface area contributed by atoms with Crippen LogP contribution in [0.15, 0.2) is 42.5 Å². The number of rotatable bonds is 3. The third-order valence-electron chi connectivity index (χ3n) is 3.41. The first-order chi connectivity index (χ1) is 10.1. The molecule has 1 aliphatic heterocycles. The van der Waals surface area contributed by atoms with Crippen molar-refractivity contribution in [3.05, 3.63) is 74.8 Å². The van der Waals surface area contributed by atoms with Gasteiger partial charge in [0, 0.05) is 18.1 Å². The van der Waals surface area contributed by atoms with E-state index in [-0.39, 0.29) is 28.8 Å². The molecule has 0 fully saturated rings. The summed E-state index contributed by atoms with van der Waals surface area (Å²) in [4.78, 5) is 34.2. The molecule has 0 unspecified atom stereocenters. The quantitative estimate of drug-likeness (QED) is 0.530. The highest BCUT2D eigenvalue weighted by Gasteiger charge is 2.33. The highest BCUT2D eigenvalue weighted by molar-refractivity contribution is 6.22. The molecule has 2 amide bonds. The summed E-state index contributed by atoms with van der Waals surface area (Å²) < 4.78 is 0. The lowest BCUT2D eigenvalue weighted by molar-refractivity contribution is -0.385. The molecule has 104 valence electrons. The standard InChI is InChI=1S/C15H10N2O4/c18-14-10-6-7-12(17(20)21)11(13(10)15(19)16-14)8-9-4-2-1-3-5-9/h1-7H,8H2,(H,16,18,19). The number of imide groups is 1. The van der Waals surface area contributed by atoms with E-state index in [9.17, 15) is 19.7 Å². The van der Waals surface area contributed by atoms with Crippen LogP contribution in [0.5, 0.6) is 0 Å². The predicted octanol–water partition coefficient (Wildman–Crippen LogP) is 2.07. The van der Waals surface area contributed by atoms with E-state index < -0.39 is 16.7 Å². The van der Waals surface area contributed by atoms with Gasteiger partial charge in [-0.15, -0.1) is 0 Å². The normalized spacial score (nSPS) is 13.0. The lowest BCUT2D eigenvalue weighted by Crippen LogP contribution is -2.20. The monoisotopic (exact) mass is 282 g/mol. The zero-order valence-electron chi connectivity index (χ0n) is 10.8. The molecule has 1 N–H and O–H groups in total. The molecular formula is C15H10N2O4. The van der Waals surface area contributed by atoms with Crippen molar-refractivity contribution in [3.8, 4) is 0 Å². The van der Waals surface area contributed by atoms with Gasteiger partial charge in [-0.25, -0.2) is 0 Å². The largest absolute Gasteiger partial charge is 0.288 e. The molecule has 0 bridgehead atoms. The number of carbonyl (C=O) groups excluding carboxylic acids is 2. The number of hydrogen-bond acceptors (Lipinski definition) is 4.